The van der Waals surface area contributed by atoms with Crippen molar-refractivity contribution in [1.82, 2.24) is 0 Å². The van der Waals surface area contributed by atoms with E-state index in [0.717, 1.165) is 141 Å². The summed E-state index contributed by atoms with van der Waals surface area (Å²) >= 11 is 0. The van der Waals surface area contributed by atoms with E-state index in [9.17, 15) is 28.9 Å². The Morgan fingerprint density at radius 1 is 0.372 bits per heavy atom. The summed E-state index contributed by atoms with van der Waals surface area (Å²) in [5.74, 6) is -1.61. The zero-order valence-electron chi connectivity index (χ0n) is 48.8. The zero-order valence-corrected chi connectivity index (χ0v) is 49.7. The molecule has 0 saturated heterocycles. The number of carbonyl (C=O) groups excluding carboxylic acids is 3. The van der Waals surface area contributed by atoms with E-state index < -0.39 is 57.8 Å². The maximum Gasteiger partial charge on any atom is 0.472 e. The Labute approximate surface area is 474 Å². The van der Waals surface area contributed by atoms with Crippen LogP contribution in [0.25, 0.3) is 0 Å². The number of phosphoric acid groups is 1. The zero-order chi connectivity index (χ0) is 56.9. The van der Waals surface area contributed by atoms with Crippen molar-refractivity contribution < 1.29 is 52.2 Å². The fourth-order valence-electron chi connectivity index (χ4n) is 7.48. The van der Waals surface area contributed by atoms with Crippen LogP contribution in [-0.2, 0) is 42.2 Å². The standard InChI is InChI=1S/C66H107O11P/c1-4-7-10-13-16-19-22-25-27-29-31-33-35-38-40-43-46-49-52-55-64(68)73-59-63(77-66(70)57-54-51-48-45-42-39-36-34-32-30-28-26-23-20-17-14-11-8-5-2)61-75-78(71,72)74-60-62(58-67)76-65(69)56-53-50-47-44-41-37-24-21-18-15-12-9-6-3/h7,10,12,15-17,19-21,24-28,31-34,38,40,46,49,62-63,67H,4-6,8-9,11,13-14,18,22-23,29-30,35-37,39,41-45,47-48,50-61H2,1-3H3,(H,71,72)/b10-7-,15-12-,19-16-,20-17-,24-21-,27-25-,28-26-,33-31-,34-32-,40-38-,49-46-. The topological polar surface area (TPSA) is 155 Å². The molecular formula is C66H107O11P. The van der Waals surface area contributed by atoms with Crippen LogP contribution in [-0.4, -0.2) is 66.5 Å². The predicted octanol–water partition coefficient (Wildman–Crippen LogP) is 18.1. The SMILES string of the molecule is CC/C=C\C/C=C\C/C=C\C/C=C\C/C=C\C/C=C\CCC(=O)OCC(COP(=O)(O)OCC(CO)OC(=O)CCCCCCC/C=C\C/C=C\CCC)OC(=O)CCCCCCCC/C=C\C/C=C\C/C=C\CCCCC. The Kier molecular flexibility index (Phi) is 55.5. The molecule has 0 aromatic rings. The first-order valence-electron chi connectivity index (χ1n) is 30.1. The molecule has 11 nitrogen and oxygen atoms in total. The van der Waals surface area contributed by atoms with Crippen molar-refractivity contribution in [3.63, 3.8) is 0 Å². The lowest BCUT2D eigenvalue weighted by atomic mass is 10.1. The minimum absolute atomic E-state index is 0.0903. The lowest BCUT2D eigenvalue weighted by molar-refractivity contribution is -0.161. The lowest BCUT2D eigenvalue weighted by Crippen LogP contribution is -2.30. The van der Waals surface area contributed by atoms with Gasteiger partial charge in [-0.2, -0.15) is 0 Å². The normalized spacial score (nSPS) is 14.3. The number of unbranched alkanes of at least 4 members (excludes halogenated alkanes) is 15. The van der Waals surface area contributed by atoms with Crippen molar-refractivity contribution in [1.29, 1.82) is 0 Å². The number of hydrogen-bond acceptors (Lipinski definition) is 10. The van der Waals surface area contributed by atoms with Crippen LogP contribution in [0.5, 0.6) is 0 Å². The molecule has 0 heterocycles. The van der Waals surface area contributed by atoms with Gasteiger partial charge in [-0.3, -0.25) is 23.4 Å². The van der Waals surface area contributed by atoms with Gasteiger partial charge >= 0.3 is 25.7 Å². The largest absolute Gasteiger partial charge is 0.472 e. The van der Waals surface area contributed by atoms with E-state index >= 15 is 0 Å². The van der Waals surface area contributed by atoms with Crippen molar-refractivity contribution in [3.05, 3.63) is 134 Å². The van der Waals surface area contributed by atoms with Gasteiger partial charge in [0.2, 0.25) is 0 Å². The van der Waals surface area contributed by atoms with Crippen LogP contribution >= 0.6 is 7.82 Å². The van der Waals surface area contributed by atoms with E-state index in [2.05, 4.69) is 142 Å². The van der Waals surface area contributed by atoms with Gasteiger partial charge in [0.1, 0.15) is 12.7 Å². The molecule has 0 aliphatic rings. The summed E-state index contributed by atoms with van der Waals surface area (Å²) in [6, 6.07) is 0. The van der Waals surface area contributed by atoms with Gasteiger partial charge in [0.25, 0.3) is 0 Å². The van der Waals surface area contributed by atoms with Gasteiger partial charge in [0.15, 0.2) is 6.10 Å². The summed E-state index contributed by atoms with van der Waals surface area (Å²) in [6.45, 7) is 4.31. The molecule has 0 spiro atoms. The Hall–Kier alpha value is -4.38. The fraction of sp³-hybridized carbons (Fsp3) is 0.621. The van der Waals surface area contributed by atoms with Crippen LogP contribution in [0.4, 0.5) is 0 Å². The summed E-state index contributed by atoms with van der Waals surface area (Å²) in [6.07, 6.45) is 74.2. The summed E-state index contributed by atoms with van der Waals surface area (Å²) < 4.78 is 39.5. The molecule has 0 fully saturated rings. The van der Waals surface area contributed by atoms with Gasteiger partial charge < -0.3 is 24.2 Å². The second-order valence-corrected chi connectivity index (χ2v) is 20.9. The van der Waals surface area contributed by atoms with Crippen molar-refractivity contribution >= 4 is 25.7 Å². The van der Waals surface area contributed by atoms with Gasteiger partial charge in [0.05, 0.1) is 19.8 Å². The molecule has 0 aliphatic heterocycles. The van der Waals surface area contributed by atoms with Gasteiger partial charge in [-0.05, 0) is 122 Å². The summed E-state index contributed by atoms with van der Waals surface area (Å²) in [5, 5.41) is 9.82. The maximum atomic E-state index is 12.9. The number of phosphoric ester groups is 1. The summed E-state index contributed by atoms with van der Waals surface area (Å²) in [7, 11) is -4.78. The Balaban J connectivity index is 4.89. The molecular weight excluding hydrogens is 1000 g/mol. The number of esters is 3. The maximum absolute atomic E-state index is 12.9. The highest BCUT2D eigenvalue weighted by Crippen LogP contribution is 2.43. The predicted molar refractivity (Wildman–Crippen MR) is 325 cm³/mol. The molecule has 0 radical (unpaired) electrons. The molecule has 442 valence electrons. The number of rotatable bonds is 54. The molecule has 12 heteroatoms. The molecule has 0 amide bonds. The highest BCUT2D eigenvalue weighted by Gasteiger charge is 2.28. The van der Waals surface area contributed by atoms with Gasteiger partial charge in [-0.15, -0.1) is 0 Å². The fourth-order valence-corrected chi connectivity index (χ4v) is 8.27. The molecule has 0 saturated carbocycles. The smallest absolute Gasteiger partial charge is 0.462 e. The van der Waals surface area contributed by atoms with Gasteiger partial charge in [0, 0.05) is 19.3 Å². The summed E-state index contributed by atoms with van der Waals surface area (Å²) in [5.41, 5.74) is 0. The van der Waals surface area contributed by atoms with E-state index in [1.807, 2.05) is 12.2 Å². The molecule has 2 N–H and O–H groups in total. The van der Waals surface area contributed by atoms with Crippen LogP contribution in [0.2, 0.25) is 0 Å². The molecule has 0 aromatic heterocycles. The van der Waals surface area contributed by atoms with E-state index in [4.69, 9.17) is 23.3 Å². The first kappa shape index (κ1) is 73.6. The molecule has 78 heavy (non-hydrogen) atoms. The molecule has 0 aromatic carbocycles. The summed E-state index contributed by atoms with van der Waals surface area (Å²) in [4.78, 5) is 48.6. The third-order valence-corrected chi connectivity index (χ3v) is 13.0. The van der Waals surface area contributed by atoms with Gasteiger partial charge in [-0.25, -0.2) is 4.57 Å². The van der Waals surface area contributed by atoms with Crippen LogP contribution in [0.15, 0.2) is 134 Å². The molecule has 0 bridgehead atoms. The molecule has 3 unspecified atom stereocenters. The monoisotopic (exact) mass is 1110 g/mol. The lowest BCUT2D eigenvalue weighted by Gasteiger charge is -2.21. The Morgan fingerprint density at radius 3 is 1.13 bits per heavy atom. The second-order valence-electron chi connectivity index (χ2n) is 19.4. The number of aliphatic hydroxyl groups is 1. The van der Waals surface area contributed by atoms with Crippen LogP contribution in [0.3, 0.4) is 0 Å². The third-order valence-electron chi connectivity index (χ3n) is 12.0. The van der Waals surface area contributed by atoms with E-state index in [-0.39, 0.29) is 25.9 Å². The minimum atomic E-state index is -4.78. The molecule has 0 rings (SSSR count). The van der Waals surface area contributed by atoms with E-state index in [1.54, 1.807) is 0 Å². The third kappa shape index (κ3) is 56.3. The average molecular weight is 1110 g/mol. The van der Waals surface area contributed by atoms with Gasteiger partial charge in [-0.1, -0.05) is 219 Å². The first-order chi connectivity index (χ1) is 38.2. The average Bonchev–Trinajstić information content (AvgIpc) is 3.43. The van der Waals surface area contributed by atoms with Crippen molar-refractivity contribution in [2.75, 3.05) is 26.4 Å². The number of hydrogen-bond donors (Lipinski definition) is 2. The number of carbonyl (C=O) groups is 3. The highest BCUT2D eigenvalue weighted by molar-refractivity contribution is 7.47. The highest BCUT2D eigenvalue weighted by atomic mass is 31.2. The molecule has 3 atom stereocenters. The van der Waals surface area contributed by atoms with Crippen molar-refractivity contribution in [2.24, 2.45) is 0 Å². The van der Waals surface area contributed by atoms with Crippen LogP contribution in [0.1, 0.15) is 226 Å². The molecule has 0 aliphatic carbocycles. The van der Waals surface area contributed by atoms with E-state index in [1.165, 1.54) is 25.7 Å². The number of aliphatic hydroxyl groups excluding tert-OH is 1. The Bertz CT molecular complexity index is 1820. The first-order valence-corrected chi connectivity index (χ1v) is 31.6. The quantitative estimate of drug-likeness (QED) is 0.0197. The second kappa shape index (κ2) is 58.8. The van der Waals surface area contributed by atoms with Crippen molar-refractivity contribution in [2.45, 2.75) is 238 Å². The van der Waals surface area contributed by atoms with E-state index in [0.29, 0.717) is 19.3 Å². The minimum Gasteiger partial charge on any atom is -0.462 e. The van der Waals surface area contributed by atoms with Crippen molar-refractivity contribution in [3.8, 4) is 0 Å². The van der Waals surface area contributed by atoms with Crippen LogP contribution in [0, 0.1) is 0 Å². The number of ether oxygens (including phenoxy) is 3. The van der Waals surface area contributed by atoms with Crippen LogP contribution < -0.4 is 0 Å². The number of allylic oxidation sites excluding steroid dienone is 22. The Morgan fingerprint density at radius 2 is 0.718 bits per heavy atom.